The van der Waals surface area contributed by atoms with Crippen LogP contribution >= 0.6 is 11.6 Å². The standard InChI is InChI=1S/C12H18ClN5O/c1-17(9-3-2-4-9)11-14-10(13)15-12(16-11)18-5-7-19-8-6-18/h9H,2-8H2,1H3. The summed E-state index contributed by atoms with van der Waals surface area (Å²) in [4.78, 5) is 17.2. The Hall–Kier alpha value is -1.14. The van der Waals surface area contributed by atoms with Crippen molar-refractivity contribution in [1.29, 1.82) is 0 Å². The molecule has 7 heteroatoms. The van der Waals surface area contributed by atoms with Gasteiger partial charge < -0.3 is 14.5 Å². The van der Waals surface area contributed by atoms with E-state index in [-0.39, 0.29) is 5.28 Å². The van der Waals surface area contributed by atoms with Gasteiger partial charge in [0.15, 0.2) is 0 Å². The summed E-state index contributed by atoms with van der Waals surface area (Å²) in [5.41, 5.74) is 0. The van der Waals surface area contributed by atoms with Crippen molar-refractivity contribution in [3.8, 4) is 0 Å². The van der Waals surface area contributed by atoms with Crippen molar-refractivity contribution in [2.45, 2.75) is 25.3 Å². The maximum atomic E-state index is 6.03. The molecule has 6 nitrogen and oxygen atoms in total. The first-order valence-electron chi connectivity index (χ1n) is 6.71. The average Bonchev–Trinajstić information content (AvgIpc) is 2.37. The zero-order chi connectivity index (χ0) is 13.2. The topological polar surface area (TPSA) is 54.4 Å². The van der Waals surface area contributed by atoms with E-state index in [1.807, 2.05) is 7.05 Å². The molecule has 2 fully saturated rings. The summed E-state index contributed by atoms with van der Waals surface area (Å²) >= 11 is 6.03. The van der Waals surface area contributed by atoms with Gasteiger partial charge >= 0.3 is 0 Å². The average molecular weight is 284 g/mol. The van der Waals surface area contributed by atoms with E-state index in [2.05, 4.69) is 24.8 Å². The van der Waals surface area contributed by atoms with E-state index in [9.17, 15) is 0 Å². The van der Waals surface area contributed by atoms with Crippen molar-refractivity contribution in [2.75, 3.05) is 43.2 Å². The fourth-order valence-corrected chi connectivity index (χ4v) is 2.48. The van der Waals surface area contributed by atoms with Crippen molar-refractivity contribution >= 4 is 23.5 Å². The molecular formula is C12H18ClN5O. The van der Waals surface area contributed by atoms with Crippen LogP contribution in [0.15, 0.2) is 0 Å². The first kappa shape index (κ1) is 12.9. The Morgan fingerprint density at radius 3 is 2.58 bits per heavy atom. The predicted molar refractivity (Wildman–Crippen MR) is 73.9 cm³/mol. The molecule has 0 N–H and O–H groups in total. The van der Waals surface area contributed by atoms with Crippen LogP contribution in [0.5, 0.6) is 0 Å². The monoisotopic (exact) mass is 283 g/mol. The van der Waals surface area contributed by atoms with Gasteiger partial charge in [0.25, 0.3) is 0 Å². The van der Waals surface area contributed by atoms with Gasteiger partial charge in [-0.3, -0.25) is 0 Å². The van der Waals surface area contributed by atoms with E-state index < -0.39 is 0 Å². The summed E-state index contributed by atoms with van der Waals surface area (Å²) in [6.07, 6.45) is 3.68. The van der Waals surface area contributed by atoms with E-state index in [0.29, 0.717) is 31.2 Å². The molecule has 1 saturated heterocycles. The molecule has 0 bridgehead atoms. The maximum Gasteiger partial charge on any atom is 0.231 e. The van der Waals surface area contributed by atoms with Crippen molar-refractivity contribution < 1.29 is 4.74 Å². The SMILES string of the molecule is CN(c1nc(Cl)nc(N2CCOCC2)n1)C1CCC1. The number of anilines is 2. The number of morpholine rings is 1. The third kappa shape index (κ3) is 2.74. The zero-order valence-electron chi connectivity index (χ0n) is 11.0. The van der Waals surface area contributed by atoms with Gasteiger partial charge in [-0.15, -0.1) is 0 Å². The minimum absolute atomic E-state index is 0.262. The molecule has 2 aliphatic rings. The second-order valence-corrected chi connectivity index (χ2v) is 5.34. The van der Waals surface area contributed by atoms with Gasteiger partial charge in [-0.25, -0.2) is 0 Å². The molecule has 1 saturated carbocycles. The summed E-state index contributed by atoms with van der Waals surface area (Å²) < 4.78 is 5.34. The number of aromatic nitrogens is 3. The number of rotatable bonds is 3. The van der Waals surface area contributed by atoms with Crippen LogP contribution in [0.25, 0.3) is 0 Å². The summed E-state index contributed by atoms with van der Waals surface area (Å²) in [6.45, 7) is 3.01. The lowest BCUT2D eigenvalue weighted by Gasteiger charge is -2.35. The van der Waals surface area contributed by atoms with E-state index >= 15 is 0 Å². The highest BCUT2D eigenvalue weighted by molar-refractivity contribution is 6.28. The Morgan fingerprint density at radius 2 is 1.95 bits per heavy atom. The molecule has 104 valence electrons. The van der Waals surface area contributed by atoms with Crippen molar-refractivity contribution in [3.05, 3.63) is 5.28 Å². The first-order chi connectivity index (χ1) is 9.24. The predicted octanol–water partition coefficient (Wildman–Crippen LogP) is 1.35. The molecule has 0 radical (unpaired) electrons. The maximum absolute atomic E-state index is 6.03. The lowest BCUT2D eigenvalue weighted by molar-refractivity contribution is 0.122. The van der Waals surface area contributed by atoms with Crippen molar-refractivity contribution in [3.63, 3.8) is 0 Å². The molecule has 3 rings (SSSR count). The Bertz CT molecular complexity index is 427. The third-order valence-electron chi connectivity index (χ3n) is 3.82. The van der Waals surface area contributed by atoms with E-state index in [1.54, 1.807) is 0 Å². The number of halogens is 1. The highest BCUT2D eigenvalue weighted by atomic mass is 35.5. The van der Waals surface area contributed by atoms with Gasteiger partial charge in [-0.2, -0.15) is 15.0 Å². The van der Waals surface area contributed by atoms with E-state index in [0.717, 1.165) is 13.1 Å². The Balaban J connectivity index is 1.82. The third-order valence-corrected chi connectivity index (χ3v) is 3.99. The van der Waals surface area contributed by atoms with Gasteiger partial charge in [0, 0.05) is 26.2 Å². The van der Waals surface area contributed by atoms with Gasteiger partial charge in [0.2, 0.25) is 17.2 Å². The van der Waals surface area contributed by atoms with Crippen LogP contribution in [0, 0.1) is 0 Å². The quantitative estimate of drug-likeness (QED) is 0.835. The van der Waals surface area contributed by atoms with Gasteiger partial charge in [-0.05, 0) is 30.9 Å². The van der Waals surface area contributed by atoms with Gasteiger partial charge in [0.05, 0.1) is 13.2 Å². The smallest absolute Gasteiger partial charge is 0.231 e. The molecule has 0 atom stereocenters. The Morgan fingerprint density at radius 1 is 1.21 bits per heavy atom. The normalized spacial score (nSPS) is 20.2. The summed E-state index contributed by atoms with van der Waals surface area (Å²) in [7, 11) is 2.03. The van der Waals surface area contributed by atoms with Crippen LogP contribution in [0.4, 0.5) is 11.9 Å². The first-order valence-corrected chi connectivity index (χ1v) is 7.09. The number of hydrogen-bond acceptors (Lipinski definition) is 6. The van der Waals surface area contributed by atoms with Crippen LogP contribution < -0.4 is 9.80 Å². The molecular weight excluding hydrogens is 266 g/mol. The number of hydrogen-bond donors (Lipinski definition) is 0. The molecule has 1 aliphatic heterocycles. The number of nitrogens with zero attached hydrogens (tertiary/aromatic N) is 5. The highest BCUT2D eigenvalue weighted by Crippen LogP contribution is 2.27. The fraction of sp³-hybridized carbons (Fsp3) is 0.750. The largest absolute Gasteiger partial charge is 0.378 e. The van der Waals surface area contributed by atoms with Crippen molar-refractivity contribution in [2.24, 2.45) is 0 Å². The van der Waals surface area contributed by atoms with Crippen molar-refractivity contribution in [1.82, 2.24) is 15.0 Å². The van der Waals surface area contributed by atoms with E-state index in [1.165, 1.54) is 19.3 Å². The molecule has 0 amide bonds. The van der Waals surface area contributed by atoms with Crippen LogP contribution in [-0.4, -0.2) is 54.3 Å². The highest BCUT2D eigenvalue weighted by Gasteiger charge is 2.25. The minimum Gasteiger partial charge on any atom is -0.378 e. The molecule has 0 spiro atoms. The summed E-state index contributed by atoms with van der Waals surface area (Å²) in [5, 5.41) is 0.262. The van der Waals surface area contributed by atoms with Gasteiger partial charge in [-0.1, -0.05) is 0 Å². The van der Waals surface area contributed by atoms with Gasteiger partial charge in [0.1, 0.15) is 0 Å². The second kappa shape index (κ2) is 5.46. The lowest BCUT2D eigenvalue weighted by Crippen LogP contribution is -2.40. The molecule has 0 unspecified atom stereocenters. The molecule has 1 aromatic rings. The summed E-state index contributed by atoms with van der Waals surface area (Å²) in [5.74, 6) is 1.33. The molecule has 19 heavy (non-hydrogen) atoms. The van der Waals surface area contributed by atoms with E-state index in [4.69, 9.17) is 16.3 Å². The van der Waals surface area contributed by atoms with Crippen LogP contribution in [0.2, 0.25) is 5.28 Å². The zero-order valence-corrected chi connectivity index (χ0v) is 11.8. The Labute approximate surface area is 117 Å². The lowest BCUT2D eigenvalue weighted by atomic mass is 9.92. The molecule has 1 aliphatic carbocycles. The fourth-order valence-electron chi connectivity index (χ4n) is 2.33. The van der Waals surface area contributed by atoms with Crippen LogP contribution in [0.1, 0.15) is 19.3 Å². The van der Waals surface area contributed by atoms with Crippen LogP contribution in [0.3, 0.4) is 0 Å². The molecule has 0 aromatic carbocycles. The number of ether oxygens (including phenoxy) is 1. The summed E-state index contributed by atoms with van der Waals surface area (Å²) in [6, 6.07) is 0.538. The van der Waals surface area contributed by atoms with Crippen LogP contribution in [-0.2, 0) is 4.74 Å². The second-order valence-electron chi connectivity index (χ2n) is 5.00. The molecule has 1 aromatic heterocycles. The Kier molecular flexibility index (Phi) is 3.70. The minimum atomic E-state index is 0.262. The molecule has 2 heterocycles.